The van der Waals surface area contributed by atoms with E-state index in [-0.39, 0.29) is 17.0 Å². The number of aliphatic hydroxyl groups excluding tert-OH is 1. The number of carbonyl (C=O) groups is 1. The Balaban J connectivity index is 1.48. The lowest BCUT2D eigenvalue weighted by atomic mass is 10.2. The standard InChI is InChI=1S/C21H15N5O3S3/c1-31-20-25-26(21(30)32-20)13-8-6-12(7-9-13)19(28)29-11-17(27)14(10-22)18-23-15-4-2-3-5-16(15)24-18/h2-9,27H,11H2,1H3,(H,23,24)/b17-14-. The Morgan fingerprint density at radius 2 is 2.06 bits per heavy atom. The average molecular weight is 482 g/mol. The van der Waals surface area contributed by atoms with Gasteiger partial charge >= 0.3 is 5.97 Å². The summed E-state index contributed by atoms with van der Waals surface area (Å²) in [5.41, 5.74) is 2.31. The van der Waals surface area contributed by atoms with Crippen molar-refractivity contribution in [1.29, 1.82) is 5.26 Å². The number of aromatic nitrogens is 4. The van der Waals surface area contributed by atoms with E-state index < -0.39 is 18.3 Å². The Bertz CT molecular complexity index is 1390. The van der Waals surface area contributed by atoms with Crippen LogP contribution in [0.3, 0.4) is 0 Å². The summed E-state index contributed by atoms with van der Waals surface area (Å²) in [4.78, 5) is 19.7. The number of fused-ring (bicyclic) bond motifs is 1. The minimum atomic E-state index is -0.642. The molecule has 2 aromatic heterocycles. The van der Waals surface area contributed by atoms with Gasteiger partial charge in [0.15, 0.2) is 19.9 Å². The smallest absolute Gasteiger partial charge is 0.338 e. The molecule has 32 heavy (non-hydrogen) atoms. The van der Waals surface area contributed by atoms with Crippen LogP contribution in [0, 0.1) is 15.3 Å². The van der Waals surface area contributed by atoms with Gasteiger partial charge in [0.1, 0.15) is 18.2 Å². The number of hydrogen-bond acceptors (Lipinski definition) is 9. The van der Waals surface area contributed by atoms with Crippen LogP contribution in [0.2, 0.25) is 0 Å². The average Bonchev–Trinajstić information content (AvgIpc) is 3.41. The number of aliphatic hydroxyl groups is 1. The van der Waals surface area contributed by atoms with Crippen molar-refractivity contribution in [3.05, 3.63) is 69.6 Å². The zero-order valence-corrected chi connectivity index (χ0v) is 19.1. The molecular weight excluding hydrogens is 466 g/mol. The van der Waals surface area contributed by atoms with Crippen molar-refractivity contribution < 1.29 is 14.6 Å². The molecule has 2 N–H and O–H groups in total. The Labute approximate surface area is 195 Å². The maximum atomic E-state index is 12.4. The third kappa shape index (κ3) is 4.43. The first-order valence-corrected chi connectivity index (χ1v) is 11.6. The Kier molecular flexibility index (Phi) is 6.36. The second-order valence-electron chi connectivity index (χ2n) is 6.41. The summed E-state index contributed by atoms with van der Waals surface area (Å²) >= 11 is 8.23. The van der Waals surface area contributed by atoms with E-state index in [2.05, 4.69) is 15.1 Å². The molecule has 0 atom stereocenters. The summed E-state index contributed by atoms with van der Waals surface area (Å²) in [5, 5.41) is 24.2. The molecule has 4 rings (SSSR count). The fourth-order valence-corrected chi connectivity index (χ4v) is 4.64. The lowest BCUT2D eigenvalue weighted by Crippen LogP contribution is -2.09. The zero-order chi connectivity index (χ0) is 22.7. The highest BCUT2D eigenvalue weighted by Gasteiger charge is 2.16. The van der Waals surface area contributed by atoms with Gasteiger partial charge in [0.2, 0.25) is 0 Å². The Hall–Kier alpha value is -3.46. The number of esters is 1. The number of carbonyl (C=O) groups excluding carboxylic acids is 1. The molecule has 11 heteroatoms. The van der Waals surface area contributed by atoms with Gasteiger partial charge in [-0.05, 0) is 54.9 Å². The molecule has 0 fully saturated rings. The van der Waals surface area contributed by atoms with E-state index in [1.807, 2.05) is 30.5 Å². The lowest BCUT2D eigenvalue weighted by Gasteiger charge is -2.06. The van der Waals surface area contributed by atoms with Gasteiger partial charge in [-0.1, -0.05) is 35.2 Å². The maximum Gasteiger partial charge on any atom is 0.338 e. The molecule has 0 aliphatic heterocycles. The molecule has 0 aliphatic rings. The number of imidazole rings is 1. The first-order valence-electron chi connectivity index (χ1n) is 9.19. The second kappa shape index (κ2) is 9.35. The van der Waals surface area contributed by atoms with Crippen LogP contribution in [0.5, 0.6) is 0 Å². The number of aromatic amines is 1. The van der Waals surface area contributed by atoms with Crippen molar-refractivity contribution in [1.82, 2.24) is 19.7 Å². The minimum absolute atomic E-state index is 0.0909. The zero-order valence-electron chi connectivity index (χ0n) is 16.6. The molecule has 2 aromatic carbocycles. The second-order valence-corrected chi connectivity index (χ2v) is 9.08. The molecule has 0 aliphatic carbocycles. The number of thioether (sulfide) groups is 1. The largest absolute Gasteiger partial charge is 0.507 e. The summed E-state index contributed by atoms with van der Waals surface area (Å²) in [5.74, 6) is -0.831. The molecular formula is C21H15N5O3S3. The van der Waals surface area contributed by atoms with Crippen LogP contribution in [-0.2, 0) is 4.74 Å². The number of rotatable bonds is 6. The molecule has 0 amide bonds. The van der Waals surface area contributed by atoms with Gasteiger partial charge < -0.3 is 14.8 Å². The van der Waals surface area contributed by atoms with Crippen LogP contribution in [0.25, 0.3) is 22.3 Å². The molecule has 0 saturated carbocycles. The summed E-state index contributed by atoms with van der Waals surface area (Å²) in [6.45, 7) is -0.464. The predicted octanol–water partition coefficient (Wildman–Crippen LogP) is 4.91. The van der Waals surface area contributed by atoms with Crippen LogP contribution in [-0.4, -0.2) is 43.7 Å². The topological polar surface area (TPSA) is 117 Å². The fraction of sp³-hybridized carbons (Fsp3) is 0.0952. The Morgan fingerprint density at radius 1 is 1.31 bits per heavy atom. The molecule has 0 spiro atoms. The molecule has 0 bridgehead atoms. The van der Waals surface area contributed by atoms with E-state index in [0.29, 0.717) is 9.47 Å². The molecule has 2 heterocycles. The van der Waals surface area contributed by atoms with Crippen LogP contribution >= 0.6 is 35.3 Å². The summed E-state index contributed by atoms with van der Waals surface area (Å²) in [6.07, 6.45) is 1.92. The van der Waals surface area contributed by atoms with Crippen molar-refractivity contribution in [3.8, 4) is 11.8 Å². The number of para-hydroxylation sites is 2. The quantitative estimate of drug-likeness (QED) is 0.131. The predicted molar refractivity (Wildman–Crippen MR) is 126 cm³/mol. The molecule has 0 saturated heterocycles. The van der Waals surface area contributed by atoms with Gasteiger partial charge in [-0.2, -0.15) is 5.26 Å². The third-order valence-electron chi connectivity index (χ3n) is 4.42. The summed E-state index contributed by atoms with van der Waals surface area (Å²) < 4.78 is 8.25. The monoisotopic (exact) mass is 481 g/mol. The van der Waals surface area contributed by atoms with E-state index in [1.54, 1.807) is 35.0 Å². The first kappa shape index (κ1) is 21.8. The molecule has 160 valence electrons. The van der Waals surface area contributed by atoms with Crippen molar-refractivity contribution in [2.24, 2.45) is 0 Å². The number of allylic oxidation sites excluding steroid dienone is 1. The maximum absolute atomic E-state index is 12.4. The van der Waals surface area contributed by atoms with E-state index in [0.717, 1.165) is 15.5 Å². The van der Waals surface area contributed by atoms with E-state index in [9.17, 15) is 15.2 Å². The van der Waals surface area contributed by atoms with Gasteiger partial charge in [0, 0.05) is 0 Å². The van der Waals surface area contributed by atoms with Crippen molar-refractivity contribution in [3.63, 3.8) is 0 Å². The van der Waals surface area contributed by atoms with Crippen LogP contribution in [0.15, 0.2) is 58.6 Å². The highest BCUT2D eigenvalue weighted by Crippen LogP contribution is 2.22. The number of benzene rings is 2. The molecule has 4 aromatic rings. The van der Waals surface area contributed by atoms with Crippen molar-refractivity contribution in [2.75, 3.05) is 12.9 Å². The normalized spacial score (nSPS) is 11.8. The number of nitriles is 1. The molecule has 0 radical (unpaired) electrons. The highest BCUT2D eigenvalue weighted by atomic mass is 32.2. The van der Waals surface area contributed by atoms with Gasteiger partial charge in [0.05, 0.1) is 22.3 Å². The number of H-pyrrole nitrogens is 1. The fourth-order valence-electron chi connectivity index (χ4n) is 2.86. The lowest BCUT2D eigenvalue weighted by molar-refractivity contribution is 0.0503. The Morgan fingerprint density at radius 3 is 2.72 bits per heavy atom. The van der Waals surface area contributed by atoms with Crippen LogP contribution in [0.4, 0.5) is 0 Å². The summed E-state index contributed by atoms with van der Waals surface area (Å²) in [7, 11) is 0. The SMILES string of the molecule is CSc1nn(-c2ccc(C(=O)OC/C(O)=C(\C#N)c3nc4ccccc4[nH]3)cc2)c(=S)s1. The number of hydrogen-bond donors (Lipinski definition) is 2. The van der Waals surface area contributed by atoms with Gasteiger partial charge in [-0.15, -0.1) is 5.10 Å². The van der Waals surface area contributed by atoms with E-state index in [1.165, 1.54) is 23.1 Å². The van der Waals surface area contributed by atoms with Crippen molar-refractivity contribution in [2.45, 2.75) is 4.34 Å². The van der Waals surface area contributed by atoms with Gasteiger partial charge in [-0.25, -0.2) is 14.5 Å². The van der Waals surface area contributed by atoms with Crippen LogP contribution < -0.4 is 0 Å². The summed E-state index contributed by atoms with van der Waals surface area (Å²) in [6, 6.07) is 15.7. The van der Waals surface area contributed by atoms with Crippen LogP contribution in [0.1, 0.15) is 16.2 Å². The van der Waals surface area contributed by atoms with Gasteiger partial charge in [-0.3, -0.25) is 0 Å². The number of nitrogens with zero attached hydrogens (tertiary/aromatic N) is 4. The van der Waals surface area contributed by atoms with Gasteiger partial charge in [0.25, 0.3) is 0 Å². The minimum Gasteiger partial charge on any atom is -0.507 e. The number of ether oxygens (including phenoxy) is 1. The number of nitrogens with one attached hydrogen (secondary N) is 1. The molecule has 0 unspecified atom stereocenters. The van der Waals surface area contributed by atoms with E-state index in [4.69, 9.17) is 17.0 Å². The first-order chi connectivity index (χ1) is 15.5. The molecule has 8 nitrogen and oxygen atoms in total. The highest BCUT2D eigenvalue weighted by molar-refractivity contribution is 8.00. The van der Waals surface area contributed by atoms with E-state index >= 15 is 0 Å². The third-order valence-corrected chi connectivity index (χ3v) is 6.63. The van der Waals surface area contributed by atoms with Crippen molar-refractivity contribution >= 4 is 57.9 Å².